The van der Waals surface area contributed by atoms with Crippen LogP contribution in [0.3, 0.4) is 0 Å². The summed E-state index contributed by atoms with van der Waals surface area (Å²) >= 11 is 1.09. The lowest BCUT2D eigenvalue weighted by Crippen LogP contribution is -2.46. The van der Waals surface area contributed by atoms with Gasteiger partial charge in [-0.05, 0) is 12.8 Å². The quantitative estimate of drug-likeness (QED) is 0.0367. The van der Waals surface area contributed by atoms with E-state index in [-0.39, 0.29) is 41.6 Å². The first-order valence-electron chi connectivity index (χ1n) is 18.3. The molecule has 24 nitrogen and oxygen atoms in total. The van der Waals surface area contributed by atoms with E-state index < -0.39 is 84.6 Å². The number of hydrogen-bond acceptors (Lipinski definition) is 18. The summed E-state index contributed by atoms with van der Waals surface area (Å²) in [6.07, 6.45) is 2.76. The van der Waals surface area contributed by atoms with Crippen LogP contribution in [0.2, 0.25) is 0 Å². The number of nitrogens with one attached hydrogen (secondary N) is 2. The number of phosphoric ester groups is 3. The molecule has 2 aromatic rings. The fourth-order valence-electron chi connectivity index (χ4n) is 5.34. The normalized spacial score (nSPS) is 21.3. The number of aliphatic hydroxyl groups excluding tert-OH is 2. The molecule has 28 heteroatoms. The van der Waals surface area contributed by atoms with E-state index in [2.05, 4.69) is 41.3 Å². The predicted molar refractivity (Wildman–Crippen MR) is 210 cm³/mol. The van der Waals surface area contributed by atoms with Gasteiger partial charge in [-0.15, -0.1) is 0 Å². The first-order chi connectivity index (χ1) is 27.6. The molecule has 2 aromatic heterocycles. The average Bonchev–Trinajstić information content (AvgIpc) is 3.71. The van der Waals surface area contributed by atoms with Crippen molar-refractivity contribution in [2.75, 3.05) is 37.8 Å². The topological polar surface area (TPSA) is 364 Å². The minimum Gasteiger partial charge on any atom is -0.386 e. The van der Waals surface area contributed by atoms with Crippen molar-refractivity contribution in [1.82, 2.24) is 30.2 Å². The highest BCUT2D eigenvalue weighted by Crippen LogP contribution is 2.61. The second-order valence-corrected chi connectivity index (χ2v) is 19.2. The highest BCUT2D eigenvalue weighted by atomic mass is 32.2. The van der Waals surface area contributed by atoms with Crippen LogP contribution >= 0.6 is 35.2 Å². The number of thioether (sulfide) groups is 1. The largest absolute Gasteiger partial charge is 0.481 e. The number of aromatic nitrogens is 4. The van der Waals surface area contributed by atoms with Crippen LogP contribution in [0.25, 0.3) is 11.2 Å². The van der Waals surface area contributed by atoms with Gasteiger partial charge < -0.3 is 50.9 Å². The van der Waals surface area contributed by atoms with Gasteiger partial charge in [-0.1, -0.05) is 63.9 Å². The van der Waals surface area contributed by atoms with Crippen LogP contribution in [-0.2, 0) is 50.7 Å². The van der Waals surface area contributed by atoms with Gasteiger partial charge in [0.1, 0.15) is 36.3 Å². The number of imidazole rings is 1. The number of nitrogen functional groups attached to an aromatic ring is 1. The van der Waals surface area contributed by atoms with Crippen molar-refractivity contribution < 1.29 is 80.5 Å². The Kier molecular flexibility index (Phi) is 19.7. The Hall–Kier alpha value is -2.70. The highest BCUT2D eigenvalue weighted by molar-refractivity contribution is 8.13. The van der Waals surface area contributed by atoms with Gasteiger partial charge in [0, 0.05) is 37.1 Å². The zero-order valence-electron chi connectivity index (χ0n) is 32.5. The molecule has 1 saturated heterocycles. The van der Waals surface area contributed by atoms with E-state index >= 15 is 0 Å². The molecule has 0 spiro atoms. The standard InChI is InChI=1S/C31H52N7O17P3S/c1-4-5-6-7-8-9-10-11-22(40)59-15-14-33-21(39)12-13-34-29(43)26(42)31(2,3)17-52-58(49,50)55-57(47,48)51-16-20-25(54-56(44,45)46)24(41)30(53-20)38-19-37-23-27(32)35-18-36-28(23)38/h9-10,18-20,24-26,30,41-42H,4-8,11-17H2,1-3H3,(H,33,39)(H,34,43)(H,47,48)(H,49,50)(H2,32,35,36)(H2,44,45,46)/b10-9+/t20-,24-,25-,26+,30-/m1/s1. The van der Waals surface area contributed by atoms with Gasteiger partial charge >= 0.3 is 23.5 Å². The number of amides is 2. The van der Waals surface area contributed by atoms with Gasteiger partial charge in [-0.3, -0.25) is 32.5 Å². The number of anilines is 1. The molecule has 59 heavy (non-hydrogen) atoms. The summed E-state index contributed by atoms with van der Waals surface area (Å²) in [5, 5.41) is 26.4. The third kappa shape index (κ3) is 16.9. The zero-order valence-corrected chi connectivity index (χ0v) is 36.0. The highest BCUT2D eigenvalue weighted by Gasteiger charge is 2.50. The lowest BCUT2D eigenvalue weighted by atomic mass is 9.87. The molecule has 7 atom stereocenters. The van der Waals surface area contributed by atoms with Crippen molar-refractivity contribution in [2.24, 2.45) is 5.41 Å². The van der Waals surface area contributed by atoms with E-state index in [1.54, 1.807) is 0 Å². The number of aliphatic hydroxyl groups is 2. The molecule has 0 radical (unpaired) electrons. The number of ether oxygens (including phenoxy) is 1. The van der Waals surface area contributed by atoms with Gasteiger partial charge in [-0.2, -0.15) is 4.31 Å². The molecule has 0 aliphatic carbocycles. The SMILES string of the molecule is CCCCCC/C=C/CC(=O)SCCNC(=O)CCNC(=O)[C@H](O)C(C)(C)COP(=O)(O)OP(=O)(O)OC[C@H]1O[C@@H](n2cnc3c(N)ncnc32)[C@H](O)[C@@H]1OP(=O)(O)O. The summed E-state index contributed by atoms with van der Waals surface area (Å²) in [7, 11) is -16.4. The van der Waals surface area contributed by atoms with Crippen molar-refractivity contribution in [1.29, 1.82) is 0 Å². The number of fused-ring (bicyclic) bond motifs is 1. The van der Waals surface area contributed by atoms with E-state index in [0.717, 1.165) is 54.7 Å². The first-order valence-corrected chi connectivity index (χ1v) is 23.8. The average molecular weight is 920 g/mol. The van der Waals surface area contributed by atoms with Gasteiger partial charge in [0.25, 0.3) is 0 Å². The fourth-order valence-corrected chi connectivity index (χ4v) is 8.82. The molecule has 2 unspecified atom stereocenters. The van der Waals surface area contributed by atoms with Crippen LogP contribution in [0.5, 0.6) is 0 Å². The maximum Gasteiger partial charge on any atom is 0.481 e. The van der Waals surface area contributed by atoms with E-state index in [4.69, 9.17) is 19.5 Å². The smallest absolute Gasteiger partial charge is 0.386 e. The Morgan fingerprint density at radius 2 is 1.75 bits per heavy atom. The number of unbranched alkanes of at least 4 members (excludes halogenated alkanes) is 4. The van der Waals surface area contributed by atoms with E-state index in [0.29, 0.717) is 12.2 Å². The number of rotatable bonds is 26. The first kappa shape index (κ1) is 50.7. The Bertz CT molecular complexity index is 1900. The number of carbonyl (C=O) groups excluding carboxylic acids is 3. The number of hydrogen-bond donors (Lipinski definition) is 9. The van der Waals surface area contributed by atoms with E-state index in [1.165, 1.54) is 20.3 Å². The number of nitrogens with two attached hydrogens (primary N) is 1. The van der Waals surface area contributed by atoms with Gasteiger partial charge in [0.2, 0.25) is 11.8 Å². The summed E-state index contributed by atoms with van der Waals surface area (Å²) in [4.78, 5) is 87.7. The van der Waals surface area contributed by atoms with Crippen molar-refractivity contribution in [2.45, 2.75) is 96.4 Å². The van der Waals surface area contributed by atoms with Gasteiger partial charge in [0.15, 0.2) is 22.8 Å². The molecule has 334 valence electrons. The lowest BCUT2D eigenvalue weighted by Gasteiger charge is -2.30. The molecular formula is C31H52N7O17P3S. The van der Waals surface area contributed by atoms with Crippen LogP contribution in [0.4, 0.5) is 5.82 Å². The third-order valence-electron chi connectivity index (χ3n) is 8.44. The minimum atomic E-state index is -5.57. The molecular weight excluding hydrogens is 867 g/mol. The van der Waals surface area contributed by atoms with Gasteiger partial charge in [0.05, 0.1) is 19.5 Å². The Labute approximate surface area is 343 Å². The molecule has 3 rings (SSSR count). The fraction of sp³-hybridized carbons (Fsp3) is 0.677. The van der Waals surface area contributed by atoms with Crippen LogP contribution < -0.4 is 16.4 Å². The lowest BCUT2D eigenvalue weighted by molar-refractivity contribution is -0.137. The number of carbonyl (C=O) groups is 3. The van der Waals surface area contributed by atoms with Crippen LogP contribution in [0, 0.1) is 5.41 Å². The van der Waals surface area contributed by atoms with Crippen molar-refractivity contribution in [3.05, 3.63) is 24.8 Å². The maximum absolute atomic E-state index is 12.7. The Balaban J connectivity index is 1.43. The molecule has 10 N–H and O–H groups in total. The number of allylic oxidation sites excluding steroid dienone is 2. The molecule has 3 heterocycles. The number of nitrogens with zero attached hydrogens (tertiary/aromatic N) is 4. The van der Waals surface area contributed by atoms with Crippen molar-refractivity contribution >= 4 is 69.1 Å². The van der Waals surface area contributed by atoms with Crippen molar-refractivity contribution in [3.63, 3.8) is 0 Å². The molecule has 1 aliphatic rings. The van der Waals surface area contributed by atoms with Crippen LogP contribution in [0.1, 0.15) is 71.9 Å². The molecule has 0 bridgehead atoms. The zero-order chi connectivity index (χ0) is 44.0. The summed E-state index contributed by atoms with van der Waals surface area (Å²) in [6.45, 7) is 2.66. The molecule has 0 aromatic carbocycles. The second-order valence-electron chi connectivity index (χ2n) is 13.8. The monoisotopic (exact) mass is 919 g/mol. The minimum absolute atomic E-state index is 0.0269. The summed E-state index contributed by atoms with van der Waals surface area (Å²) in [5.41, 5.74) is 4.27. The molecule has 2 amide bonds. The maximum atomic E-state index is 12.7. The summed E-state index contributed by atoms with van der Waals surface area (Å²) in [6, 6.07) is 0. The Morgan fingerprint density at radius 3 is 2.44 bits per heavy atom. The second kappa shape index (κ2) is 22.9. The molecule has 1 aliphatic heterocycles. The molecule has 1 fully saturated rings. The van der Waals surface area contributed by atoms with Crippen LogP contribution in [0.15, 0.2) is 24.8 Å². The third-order valence-corrected chi connectivity index (χ3v) is 12.4. The summed E-state index contributed by atoms with van der Waals surface area (Å²) < 4.78 is 62.2. The number of phosphoric acid groups is 3. The van der Waals surface area contributed by atoms with Crippen molar-refractivity contribution in [3.8, 4) is 0 Å². The van der Waals surface area contributed by atoms with E-state index in [1.807, 2.05) is 12.2 Å². The van der Waals surface area contributed by atoms with Crippen LogP contribution in [-0.4, -0.2) is 123 Å². The van der Waals surface area contributed by atoms with Gasteiger partial charge in [-0.25, -0.2) is 28.6 Å². The Morgan fingerprint density at radius 1 is 1.03 bits per heavy atom. The van der Waals surface area contributed by atoms with E-state index in [9.17, 15) is 57.9 Å². The predicted octanol–water partition coefficient (Wildman–Crippen LogP) is 1.58. The molecule has 0 saturated carbocycles. The summed E-state index contributed by atoms with van der Waals surface area (Å²) in [5.74, 6) is -1.08.